The minimum atomic E-state index is -0.290. The number of aliphatic hydroxyl groups excluding tert-OH is 1. The van der Waals surface area contributed by atoms with E-state index in [1.54, 1.807) is 0 Å². The predicted octanol–water partition coefficient (Wildman–Crippen LogP) is 4.19. The number of rotatable bonds is 4. The van der Waals surface area contributed by atoms with Crippen molar-refractivity contribution in [2.24, 2.45) is 5.92 Å². The molecule has 1 aliphatic carbocycles. The SMILES string of the molecule is OC(CC1CC1)c1ccc(-c2ccccc2)cc1. The molecule has 1 nitrogen and oxygen atoms in total. The lowest BCUT2D eigenvalue weighted by molar-refractivity contribution is 0.160. The van der Waals surface area contributed by atoms with Crippen molar-refractivity contribution in [3.05, 3.63) is 60.2 Å². The molecule has 1 unspecified atom stereocenters. The maximum absolute atomic E-state index is 10.1. The molecule has 0 aromatic heterocycles. The first-order valence-electron chi connectivity index (χ1n) is 6.66. The van der Waals surface area contributed by atoms with Crippen molar-refractivity contribution in [2.45, 2.75) is 25.4 Å². The van der Waals surface area contributed by atoms with Gasteiger partial charge in [0.15, 0.2) is 0 Å². The van der Waals surface area contributed by atoms with Gasteiger partial charge in [0.1, 0.15) is 0 Å². The van der Waals surface area contributed by atoms with Gasteiger partial charge < -0.3 is 5.11 Å². The van der Waals surface area contributed by atoms with Crippen molar-refractivity contribution in [2.75, 3.05) is 0 Å². The molecule has 0 aliphatic heterocycles. The molecule has 0 spiro atoms. The molecule has 3 rings (SSSR count). The van der Waals surface area contributed by atoms with Gasteiger partial charge in [0.05, 0.1) is 6.10 Å². The number of hydrogen-bond donors (Lipinski definition) is 1. The second-order valence-electron chi connectivity index (χ2n) is 5.18. The third kappa shape index (κ3) is 2.62. The Labute approximate surface area is 108 Å². The van der Waals surface area contributed by atoms with Gasteiger partial charge in [0.25, 0.3) is 0 Å². The van der Waals surface area contributed by atoms with Gasteiger partial charge in [-0.2, -0.15) is 0 Å². The topological polar surface area (TPSA) is 20.2 Å². The van der Waals surface area contributed by atoms with E-state index in [0.29, 0.717) is 0 Å². The van der Waals surface area contributed by atoms with E-state index in [9.17, 15) is 5.11 Å². The molecular weight excluding hydrogens is 220 g/mol. The van der Waals surface area contributed by atoms with E-state index in [0.717, 1.165) is 17.9 Å². The third-order valence-corrected chi connectivity index (χ3v) is 3.66. The summed E-state index contributed by atoms with van der Waals surface area (Å²) in [7, 11) is 0. The third-order valence-electron chi connectivity index (χ3n) is 3.66. The van der Waals surface area contributed by atoms with Crippen molar-refractivity contribution in [1.82, 2.24) is 0 Å². The van der Waals surface area contributed by atoms with E-state index in [4.69, 9.17) is 0 Å². The maximum Gasteiger partial charge on any atom is 0.0792 e. The average molecular weight is 238 g/mol. The first kappa shape index (κ1) is 11.5. The quantitative estimate of drug-likeness (QED) is 0.847. The molecule has 2 aromatic rings. The largest absolute Gasteiger partial charge is 0.388 e. The smallest absolute Gasteiger partial charge is 0.0792 e. The highest BCUT2D eigenvalue weighted by Crippen LogP contribution is 2.37. The number of aliphatic hydroxyl groups is 1. The summed E-state index contributed by atoms with van der Waals surface area (Å²) in [5.74, 6) is 0.758. The molecule has 0 amide bonds. The van der Waals surface area contributed by atoms with E-state index in [2.05, 4.69) is 36.4 Å². The molecule has 1 saturated carbocycles. The van der Waals surface area contributed by atoms with E-state index in [1.165, 1.54) is 24.0 Å². The average Bonchev–Trinajstić information content (AvgIpc) is 3.24. The van der Waals surface area contributed by atoms with Crippen LogP contribution in [0, 0.1) is 5.92 Å². The minimum Gasteiger partial charge on any atom is -0.388 e. The molecule has 0 heterocycles. The molecule has 18 heavy (non-hydrogen) atoms. The minimum absolute atomic E-state index is 0.290. The summed E-state index contributed by atoms with van der Waals surface area (Å²) in [6.07, 6.45) is 3.21. The van der Waals surface area contributed by atoms with Crippen molar-refractivity contribution in [3.63, 3.8) is 0 Å². The molecule has 0 saturated heterocycles. The Morgan fingerprint density at radius 1 is 0.889 bits per heavy atom. The Bertz CT molecular complexity index is 497. The zero-order valence-corrected chi connectivity index (χ0v) is 10.4. The second-order valence-corrected chi connectivity index (χ2v) is 5.18. The van der Waals surface area contributed by atoms with E-state index < -0.39 is 0 Å². The Balaban J connectivity index is 1.76. The monoisotopic (exact) mass is 238 g/mol. The van der Waals surface area contributed by atoms with Gasteiger partial charge >= 0.3 is 0 Å². The van der Waals surface area contributed by atoms with Crippen LogP contribution in [-0.4, -0.2) is 5.11 Å². The molecule has 0 radical (unpaired) electrons. The van der Waals surface area contributed by atoms with Crippen molar-refractivity contribution < 1.29 is 5.11 Å². The van der Waals surface area contributed by atoms with Crippen molar-refractivity contribution in [3.8, 4) is 11.1 Å². The summed E-state index contributed by atoms with van der Waals surface area (Å²) >= 11 is 0. The van der Waals surface area contributed by atoms with Crippen LogP contribution >= 0.6 is 0 Å². The van der Waals surface area contributed by atoms with Crippen molar-refractivity contribution in [1.29, 1.82) is 0 Å². The normalized spacial score (nSPS) is 16.5. The fourth-order valence-electron chi connectivity index (χ4n) is 2.33. The Kier molecular flexibility index (Phi) is 3.16. The zero-order chi connectivity index (χ0) is 12.4. The van der Waals surface area contributed by atoms with Crippen LogP contribution in [-0.2, 0) is 0 Å². The highest BCUT2D eigenvalue weighted by molar-refractivity contribution is 5.63. The predicted molar refractivity (Wildman–Crippen MR) is 74.2 cm³/mol. The molecule has 1 N–H and O–H groups in total. The number of benzene rings is 2. The number of hydrogen-bond acceptors (Lipinski definition) is 1. The highest BCUT2D eigenvalue weighted by atomic mass is 16.3. The van der Waals surface area contributed by atoms with E-state index >= 15 is 0 Å². The molecule has 1 fully saturated rings. The zero-order valence-electron chi connectivity index (χ0n) is 10.4. The van der Waals surface area contributed by atoms with E-state index in [-0.39, 0.29) is 6.10 Å². The summed E-state index contributed by atoms with van der Waals surface area (Å²) in [5, 5.41) is 10.1. The molecule has 1 aliphatic rings. The van der Waals surface area contributed by atoms with Gasteiger partial charge in [0, 0.05) is 0 Å². The lowest BCUT2D eigenvalue weighted by atomic mass is 10.00. The van der Waals surface area contributed by atoms with Gasteiger partial charge in [-0.05, 0) is 29.0 Å². The lowest BCUT2D eigenvalue weighted by Gasteiger charge is -2.11. The Morgan fingerprint density at radius 2 is 1.50 bits per heavy atom. The summed E-state index contributed by atoms with van der Waals surface area (Å²) in [6, 6.07) is 18.6. The maximum atomic E-state index is 10.1. The summed E-state index contributed by atoms with van der Waals surface area (Å²) in [4.78, 5) is 0. The van der Waals surface area contributed by atoms with Crippen LogP contribution in [0.25, 0.3) is 11.1 Å². The molecule has 92 valence electrons. The van der Waals surface area contributed by atoms with Gasteiger partial charge in [-0.3, -0.25) is 0 Å². The van der Waals surface area contributed by atoms with Crippen LogP contribution in [0.15, 0.2) is 54.6 Å². The highest BCUT2D eigenvalue weighted by Gasteiger charge is 2.25. The first-order valence-corrected chi connectivity index (χ1v) is 6.66. The van der Waals surface area contributed by atoms with Crippen LogP contribution < -0.4 is 0 Å². The summed E-state index contributed by atoms with van der Waals surface area (Å²) in [5.41, 5.74) is 3.47. The molecule has 2 aromatic carbocycles. The molecule has 1 heteroatoms. The van der Waals surface area contributed by atoms with E-state index in [1.807, 2.05) is 18.2 Å². The molecule has 1 atom stereocenters. The summed E-state index contributed by atoms with van der Waals surface area (Å²) in [6.45, 7) is 0. The Hall–Kier alpha value is -1.60. The summed E-state index contributed by atoms with van der Waals surface area (Å²) < 4.78 is 0. The van der Waals surface area contributed by atoms with Crippen molar-refractivity contribution >= 4 is 0 Å². The van der Waals surface area contributed by atoms with Gasteiger partial charge in [-0.1, -0.05) is 67.4 Å². The second kappa shape index (κ2) is 4.95. The molecule has 0 bridgehead atoms. The fraction of sp³-hybridized carbons (Fsp3) is 0.294. The van der Waals surface area contributed by atoms with Crippen LogP contribution in [0.1, 0.15) is 30.9 Å². The molecular formula is C17H18O. The Morgan fingerprint density at radius 3 is 2.11 bits per heavy atom. The van der Waals surface area contributed by atoms with Crippen LogP contribution in [0.3, 0.4) is 0 Å². The van der Waals surface area contributed by atoms with Gasteiger partial charge in [0.2, 0.25) is 0 Å². The first-order chi connectivity index (χ1) is 8.83. The fourth-order valence-corrected chi connectivity index (χ4v) is 2.33. The van der Waals surface area contributed by atoms with Crippen LogP contribution in [0.4, 0.5) is 0 Å². The van der Waals surface area contributed by atoms with Gasteiger partial charge in [-0.15, -0.1) is 0 Å². The van der Waals surface area contributed by atoms with Gasteiger partial charge in [-0.25, -0.2) is 0 Å². The lowest BCUT2D eigenvalue weighted by Crippen LogP contribution is -1.98. The van der Waals surface area contributed by atoms with Crippen LogP contribution in [0.2, 0.25) is 0 Å². The standard InChI is InChI=1S/C17H18O/c18-17(12-13-6-7-13)16-10-8-15(9-11-16)14-4-2-1-3-5-14/h1-5,8-11,13,17-18H,6-7,12H2. The van der Waals surface area contributed by atoms with Crippen LogP contribution in [0.5, 0.6) is 0 Å².